The van der Waals surface area contributed by atoms with Crippen LogP contribution in [0.25, 0.3) is 0 Å². The molecule has 2 aromatic rings. The van der Waals surface area contributed by atoms with Gasteiger partial charge in [0.2, 0.25) is 0 Å². The van der Waals surface area contributed by atoms with E-state index in [4.69, 9.17) is 12.2 Å². The molecule has 0 aliphatic heterocycles. The molecule has 5 nitrogen and oxygen atoms in total. The van der Waals surface area contributed by atoms with Gasteiger partial charge in [-0.2, -0.15) is 5.10 Å². The minimum absolute atomic E-state index is 0.617. The molecule has 2 aromatic heterocycles. The SMILES string of the molecule is CCc1n[nH]c(=S)n1Cc1cnc(C)cn1. The molecule has 0 saturated carbocycles. The van der Waals surface area contributed by atoms with Crippen LogP contribution in [-0.2, 0) is 13.0 Å². The van der Waals surface area contributed by atoms with Gasteiger partial charge in [0.05, 0.1) is 24.1 Å². The van der Waals surface area contributed by atoms with E-state index in [1.54, 1.807) is 12.4 Å². The molecule has 16 heavy (non-hydrogen) atoms. The van der Waals surface area contributed by atoms with E-state index in [0.717, 1.165) is 23.6 Å². The first-order valence-corrected chi connectivity index (χ1v) is 5.53. The number of nitrogens with zero attached hydrogens (tertiary/aromatic N) is 4. The Bertz CT molecular complexity index is 525. The Hall–Kier alpha value is -1.56. The smallest absolute Gasteiger partial charge is 0.195 e. The third-order valence-electron chi connectivity index (χ3n) is 2.31. The van der Waals surface area contributed by atoms with Crippen molar-refractivity contribution in [3.8, 4) is 0 Å². The monoisotopic (exact) mass is 235 g/mol. The van der Waals surface area contributed by atoms with Gasteiger partial charge in [0.25, 0.3) is 0 Å². The highest BCUT2D eigenvalue weighted by Crippen LogP contribution is 2.03. The Balaban J connectivity index is 2.29. The standard InChI is InChI=1S/C10H13N5S/c1-3-9-13-14-10(16)15(9)6-8-5-11-7(2)4-12-8/h4-5H,3,6H2,1-2H3,(H,14,16). The van der Waals surface area contributed by atoms with Gasteiger partial charge in [-0.05, 0) is 19.1 Å². The largest absolute Gasteiger partial charge is 0.298 e. The van der Waals surface area contributed by atoms with E-state index < -0.39 is 0 Å². The van der Waals surface area contributed by atoms with Gasteiger partial charge < -0.3 is 0 Å². The van der Waals surface area contributed by atoms with Crippen LogP contribution in [0.2, 0.25) is 0 Å². The molecular formula is C10H13N5S. The third kappa shape index (κ3) is 2.16. The maximum atomic E-state index is 5.16. The summed E-state index contributed by atoms with van der Waals surface area (Å²) in [4.78, 5) is 8.50. The molecule has 0 unspecified atom stereocenters. The Morgan fingerprint density at radius 1 is 1.38 bits per heavy atom. The molecule has 0 spiro atoms. The second-order valence-electron chi connectivity index (χ2n) is 3.53. The van der Waals surface area contributed by atoms with E-state index >= 15 is 0 Å². The quantitative estimate of drug-likeness (QED) is 0.822. The predicted molar refractivity (Wildman–Crippen MR) is 62.7 cm³/mol. The first-order chi connectivity index (χ1) is 7.70. The van der Waals surface area contributed by atoms with E-state index in [0.29, 0.717) is 11.3 Å². The van der Waals surface area contributed by atoms with Gasteiger partial charge in [0.1, 0.15) is 5.82 Å². The lowest BCUT2D eigenvalue weighted by molar-refractivity contribution is 0.704. The maximum Gasteiger partial charge on any atom is 0.195 e. The Labute approximate surface area is 98.6 Å². The topological polar surface area (TPSA) is 59.4 Å². The zero-order chi connectivity index (χ0) is 11.5. The number of rotatable bonds is 3. The number of aromatic amines is 1. The van der Waals surface area contributed by atoms with E-state index in [1.165, 1.54) is 0 Å². The zero-order valence-corrected chi connectivity index (χ0v) is 10.1. The van der Waals surface area contributed by atoms with E-state index in [-0.39, 0.29) is 0 Å². The van der Waals surface area contributed by atoms with E-state index in [1.807, 2.05) is 18.4 Å². The van der Waals surface area contributed by atoms with Crippen LogP contribution in [0.5, 0.6) is 0 Å². The van der Waals surface area contributed by atoms with Gasteiger partial charge in [-0.3, -0.25) is 19.6 Å². The Morgan fingerprint density at radius 2 is 2.19 bits per heavy atom. The molecule has 0 amide bonds. The van der Waals surface area contributed by atoms with Gasteiger partial charge in [-0.15, -0.1) is 0 Å². The van der Waals surface area contributed by atoms with Crippen LogP contribution >= 0.6 is 12.2 Å². The molecule has 0 aliphatic carbocycles. The fourth-order valence-electron chi connectivity index (χ4n) is 1.45. The fraction of sp³-hybridized carbons (Fsp3) is 0.400. The summed E-state index contributed by atoms with van der Waals surface area (Å²) < 4.78 is 2.56. The average Bonchev–Trinajstić information content (AvgIpc) is 2.63. The van der Waals surface area contributed by atoms with Crippen LogP contribution in [0.15, 0.2) is 12.4 Å². The molecule has 0 fully saturated rings. The summed E-state index contributed by atoms with van der Waals surface area (Å²) in [5, 5.41) is 6.93. The normalized spacial score (nSPS) is 10.6. The maximum absolute atomic E-state index is 5.16. The first-order valence-electron chi connectivity index (χ1n) is 5.12. The number of nitrogens with one attached hydrogen (secondary N) is 1. The summed E-state index contributed by atoms with van der Waals surface area (Å²) in [5.41, 5.74) is 1.80. The number of hydrogen-bond donors (Lipinski definition) is 1. The van der Waals surface area contributed by atoms with Gasteiger partial charge in [-0.25, -0.2) is 0 Å². The van der Waals surface area contributed by atoms with Crippen molar-refractivity contribution in [3.05, 3.63) is 34.4 Å². The first kappa shape index (κ1) is 10.9. The summed E-state index contributed by atoms with van der Waals surface area (Å²) >= 11 is 5.16. The van der Waals surface area contributed by atoms with Gasteiger partial charge in [-0.1, -0.05) is 6.92 Å². The molecule has 0 radical (unpaired) electrons. The van der Waals surface area contributed by atoms with Gasteiger partial charge in [0, 0.05) is 12.6 Å². The van der Waals surface area contributed by atoms with Crippen LogP contribution in [0.4, 0.5) is 0 Å². The molecule has 0 bridgehead atoms. The Morgan fingerprint density at radius 3 is 2.81 bits per heavy atom. The van der Waals surface area contributed by atoms with Crippen LogP contribution in [0, 0.1) is 11.7 Å². The van der Waals surface area contributed by atoms with Crippen LogP contribution in [-0.4, -0.2) is 24.7 Å². The van der Waals surface area contributed by atoms with Gasteiger partial charge in [0.15, 0.2) is 4.77 Å². The van der Waals surface area contributed by atoms with Crippen molar-refractivity contribution in [2.24, 2.45) is 0 Å². The highest BCUT2D eigenvalue weighted by atomic mass is 32.1. The van der Waals surface area contributed by atoms with Gasteiger partial charge >= 0.3 is 0 Å². The van der Waals surface area contributed by atoms with Crippen molar-refractivity contribution in [2.45, 2.75) is 26.8 Å². The molecule has 84 valence electrons. The molecule has 0 saturated heterocycles. The molecule has 2 rings (SSSR count). The fourth-order valence-corrected chi connectivity index (χ4v) is 1.66. The zero-order valence-electron chi connectivity index (χ0n) is 9.27. The summed E-state index contributed by atoms with van der Waals surface area (Å²) in [5.74, 6) is 0.937. The van der Waals surface area contributed by atoms with Crippen LogP contribution < -0.4 is 0 Å². The van der Waals surface area contributed by atoms with Crippen LogP contribution in [0.1, 0.15) is 24.1 Å². The molecular weight excluding hydrogens is 222 g/mol. The molecule has 0 atom stereocenters. The van der Waals surface area contributed by atoms with E-state index in [9.17, 15) is 0 Å². The summed E-state index contributed by atoms with van der Waals surface area (Å²) in [6, 6.07) is 0. The second kappa shape index (κ2) is 4.52. The average molecular weight is 235 g/mol. The lowest BCUT2D eigenvalue weighted by Crippen LogP contribution is -2.06. The number of hydrogen-bond acceptors (Lipinski definition) is 4. The number of aromatic nitrogens is 5. The third-order valence-corrected chi connectivity index (χ3v) is 2.62. The minimum Gasteiger partial charge on any atom is -0.298 e. The number of H-pyrrole nitrogens is 1. The summed E-state index contributed by atoms with van der Waals surface area (Å²) in [6.07, 6.45) is 4.36. The molecule has 0 aromatic carbocycles. The van der Waals surface area contributed by atoms with Crippen molar-refractivity contribution in [1.82, 2.24) is 24.7 Å². The lowest BCUT2D eigenvalue weighted by Gasteiger charge is -2.04. The Kier molecular flexibility index (Phi) is 3.09. The van der Waals surface area contributed by atoms with Crippen molar-refractivity contribution in [1.29, 1.82) is 0 Å². The molecule has 6 heteroatoms. The second-order valence-corrected chi connectivity index (χ2v) is 3.92. The lowest BCUT2D eigenvalue weighted by atomic mass is 10.4. The van der Waals surface area contributed by atoms with Crippen molar-refractivity contribution < 1.29 is 0 Å². The highest BCUT2D eigenvalue weighted by Gasteiger charge is 2.05. The molecule has 2 heterocycles. The molecule has 1 N–H and O–H groups in total. The molecule has 0 aliphatic rings. The highest BCUT2D eigenvalue weighted by molar-refractivity contribution is 7.71. The van der Waals surface area contributed by atoms with Crippen molar-refractivity contribution in [3.63, 3.8) is 0 Å². The van der Waals surface area contributed by atoms with E-state index in [2.05, 4.69) is 20.2 Å². The summed E-state index contributed by atoms with van der Waals surface area (Å²) in [7, 11) is 0. The number of aryl methyl sites for hydroxylation is 2. The predicted octanol–water partition coefficient (Wildman–Crippen LogP) is 1.65. The minimum atomic E-state index is 0.617. The van der Waals surface area contributed by atoms with Crippen molar-refractivity contribution in [2.75, 3.05) is 0 Å². The van der Waals surface area contributed by atoms with Crippen molar-refractivity contribution >= 4 is 12.2 Å². The van der Waals surface area contributed by atoms with Crippen LogP contribution in [0.3, 0.4) is 0 Å². The summed E-state index contributed by atoms with van der Waals surface area (Å²) in [6.45, 7) is 4.58.